The van der Waals surface area contributed by atoms with Crippen LogP contribution in [0.1, 0.15) is 18.3 Å². The van der Waals surface area contributed by atoms with Crippen molar-refractivity contribution in [3.8, 4) is 0 Å². The summed E-state index contributed by atoms with van der Waals surface area (Å²) >= 11 is 1.31. The molecule has 2 heterocycles. The molecule has 6 nitrogen and oxygen atoms in total. The summed E-state index contributed by atoms with van der Waals surface area (Å²) in [4.78, 5) is 16.8. The van der Waals surface area contributed by atoms with Crippen LogP contribution in [0.3, 0.4) is 0 Å². The van der Waals surface area contributed by atoms with Gasteiger partial charge in [0, 0.05) is 18.1 Å². The second-order valence-corrected chi connectivity index (χ2v) is 5.41. The van der Waals surface area contributed by atoms with Crippen LogP contribution in [0, 0.1) is 6.92 Å². The van der Waals surface area contributed by atoms with Crippen molar-refractivity contribution in [2.45, 2.75) is 20.4 Å². The van der Waals surface area contributed by atoms with Gasteiger partial charge in [0.2, 0.25) is 0 Å². The number of aryl methyl sites for hydroxylation is 1. The third-order valence-electron chi connectivity index (χ3n) is 3.22. The summed E-state index contributed by atoms with van der Waals surface area (Å²) in [7, 11) is 0. The lowest BCUT2D eigenvalue weighted by atomic mass is 10.2. The van der Waals surface area contributed by atoms with Gasteiger partial charge in [0.15, 0.2) is 0 Å². The standard InChI is InChI=1S/C14H15N5OS/c1-3-15-13-11(17-18-21-13)8-19-12-7-5-4-6-10(12)16-9(2)14(19)20/h4-7,15H,3,8H2,1-2H3. The minimum Gasteiger partial charge on any atom is -0.374 e. The van der Waals surface area contributed by atoms with Crippen molar-refractivity contribution in [3.63, 3.8) is 0 Å². The van der Waals surface area contributed by atoms with Gasteiger partial charge in [0.25, 0.3) is 5.56 Å². The Kier molecular flexibility index (Phi) is 3.66. The summed E-state index contributed by atoms with van der Waals surface area (Å²) in [6.45, 7) is 4.93. The number of para-hydroxylation sites is 2. The number of hydrogen-bond donors (Lipinski definition) is 1. The molecule has 1 N–H and O–H groups in total. The van der Waals surface area contributed by atoms with Gasteiger partial charge < -0.3 is 5.32 Å². The van der Waals surface area contributed by atoms with Crippen LogP contribution in [0.25, 0.3) is 11.0 Å². The third kappa shape index (κ3) is 2.52. The number of anilines is 1. The number of nitrogens with one attached hydrogen (secondary N) is 1. The molecule has 0 saturated heterocycles. The number of nitrogens with zero attached hydrogens (tertiary/aromatic N) is 4. The Morgan fingerprint density at radius 2 is 2.14 bits per heavy atom. The first kappa shape index (κ1) is 13.7. The molecule has 0 aliphatic carbocycles. The highest BCUT2D eigenvalue weighted by Crippen LogP contribution is 2.19. The second-order valence-electron chi connectivity index (χ2n) is 4.66. The largest absolute Gasteiger partial charge is 0.374 e. The topological polar surface area (TPSA) is 72.7 Å². The van der Waals surface area contributed by atoms with Crippen LogP contribution in [0.2, 0.25) is 0 Å². The van der Waals surface area contributed by atoms with E-state index in [4.69, 9.17) is 0 Å². The van der Waals surface area contributed by atoms with Crippen molar-refractivity contribution in [2.24, 2.45) is 0 Å². The Morgan fingerprint density at radius 3 is 2.95 bits per heavy atom. The zero-order valence-corrected chi connectivity index (χ0v) is 12.6. The van der Waals surface area contributed by atoms with Gasteiger partial charge in [-0.1, -0.05) is 16.6 Å². The van der Waals surface area contributed by atoms with Crippen LogP contribution in [0.5, 0.6) is 0 Å². The van der Waals surface area contributed by atoms with Crippen LogP contribution in [0.4, 0.5) is 5.00 Å². The molecule has 0 radical (unpaired) electrons. The van der Waals surface area contributed by atoms with E-state index in [1.54, 1.807) is 11.5 Å². The minimum absolute atomic E-state index is 0.0934. The van der Waals surface area contributed by atoms with E-state index < -0.39 is 0 Å². The lowest BCUT2D eigenvalue weighted by Crippen LogP contribution is -2.25. The van der Waals surface area contributed by atoms with E-state index in [0.717, 1.165) is 28.3 Å². The molecule has 0 saturated carbocycles. The van der Waals surface area contributed by atoms with Gasteiger partial charge in [-0.05, 0) is 26.0 Å². The number of hydrogen-bond acceptors (Lipinski definition) is 6. The van der Waals surface area contributed by atoms with E-state index in [1.807, 2.05) is 31.2 Å². The predicted molar refractivity (Wildman–Crippen MR) is 83.9 cm³/mol. The number of benzene rings is 1. The Bertz CT molecular complexity index is 839. The van der Waals surface area contributed by atoms with Crippen LogP contribution in [-0.4, -0.2) is 25.7 Å². The Labute approximate surface area is 125 Å². The number of fused-ring (bicyclic) bond motifs is 1. The first-order valence-electron chi connectivity index (χ1n) is 6.72. The maximum Gasteiger partial charge on any atom is 0.272 e. The molecule has 7 heteroatoms. The molecule has 0 atom stereocenters. The van der Waals surface area contributed by atoms with E-state index in [0.29, 0.717) is 12.2 Å². The summed E-state index contributed by atoms with van der Waals surface area (Å²) < 4.78 is 5.67. The quantitative estimate of drug-likeness (QED) is 0.798. The molecule has 108 valence electrons. The normalized spacial score (nSPS) is 11.0. The molecule has 0 aliphatic heterocycles. The average molecular weight is 301 g/mol. The lowest BCUT2D eigenvalue weighted by molar-refractivity contribution is 0.752. The summed E-state index contributed by atoms with van der Waals surface area (Å²) in [6, 6.07) is 7.62. The Morgan fingerprint density at radius 1 is 1.33 bits per heavy atom. The maximum absolute atomic E-state index is 12.4. The molecule has 2 aromatic heterocycles. The van der Waals surface area contributed by atoms with E-state index in [9.17, 15) is 4.79 Å². The van der Waals surface area contributed by atoms with Gasteiger partial charge in [-0.2, -0.15) is 0 Å². The van der Waals surface area contributed by atoms with Crippen LogP contribution in [0.15, 0.2) is 29.1 Å². The summed E-state index contributed by atoms with van der Waals surface area (Å²) in [5, 5.41) is 8.26. The maximum atomic E-state index is 12.4. The van der Waals surface area contributed by atoms with E-state index in [2.05, 4.69) is 19.9 Å². The average Bonchev–Trinajstić information content (AvgIpc) is 2.91. The smallest absolute Gasteiger partial charge is 0.272 e. The van der Waals surface area contributed by atoms with Gasteiger partial charge in [-0.25, -0.2) is 4.98 Å². The van der Waals surface area contributed by atoms with E-state index >= 15 is 0 Å². The van der Waals surface area contributed by atoms with Crippen molar-refractivity contribution < 1.29 is 0 Å². The predicted octanol–water partition coefficient (Wildman–Crippen LogP) is 2.04. The van der Waals surface area contributed by atoms with Crippen LogP contribution >= 0.6 is 11.5 Å². The van der Waals surface area contributed by atoms with Crippen molar-refractivity contribution in [2.75, 3.05) is 11.9 Å². The van der Waals surface area contributed by atoms with Crippen molar-refractivity contribution in [3.05, 3.63) is 46.0 Å². The number of rotatable bonds is 4. The Balaban J connectivity index is 2.13. The van der Waals surface area contributed by atoms with Crippen LogP contribution in [-0.2, 0) is 6.54 Å². The van der Waals surface area contributed by atoms with Crippen molar-refractivity contribution in [1.82, 2.24) is 19.1 Å². The van der Waals surface area contributed by atoms with Gasteiger partial charge in [-0.15, -0.1) is 5.10 Å². The third-order valence-corrected chi connectivity index (χ3v) is 3.94. The van der Waals surface area contributed by atoms with Gasteiger partial charge in [0.05, 0.1) is 17.6 Å². The molecular weight excluding hydrogens is 286 g/mol. The summed E-state index contributed by atoms with van der Waals surface area (Å²) in [5.74, 6) is 0. The zero-order chi connectivity index (χ0) is 14.8. The second kappa shape index (κ2) is 5.61. The molecule has 0 unspecified atom stereocenters. The fraction of sp³-hybridized carbons (Fsp3) is 0.286. The molecule has 0 fully saturated rings. The van der Waals surface area contributed by atoms with E-state index in [1.165, 1.54) is 11.5 Å². The van der Waals surface area contributed by atoms with Crippen molar-refractivity contribution >= 4 is 27.6 Å². The van der Waals surface area contributed by atoms with Crippen molar-refractivity contribution in [1.29, 1.82) is 0 Å². The summed E-state index contributed by atoms with van der Waals surface area (Å²) in [5.41, 5.74) is 2.79. The SMILES string of the molecule is CCNc1snnc1Cn1c(=O)c(C)nc2ccccc21. The van der Waals surface area contributed by atoms with E-state index in [-0.39, 0.29) is 5.56 Å². The molecule has 0 bridgehead atoms. The highest BCUT2D eigenvalue weighted by molar-refractivity contribution is 7.10. The fourth-order valence-corrected chi connectivity index (χ4v) is 2.87. The highest BCUT2D eigenvalue weighted by atomic mass is 32.1. The fourth-order valence-electron chi connectivity index (χ4n) is 2.23. The minimum atomic E-state index is -0.0934. The highest BCUT2D eigenvalue weighted by Gasteiger charge is 2.13. The molecule has 3 aromatic rings. The molecule has 0 aliphatic rings. The molecule has 0 spiro atoms. The molecule has 21 heavy (non-hydrogen) atoms. The lowest BCUT2D eigenvalue weighted by Gasteiger charge is -2.10. The van der Waals surface area contributed by atoms with Gasteiger partial charge >= 0.3 is 0 Å². The van der Waals surface area contributed by atoms with Crippen LogP contribution < -0.4 is 10.9 Å². The summed E-state index contributed by atoms with van der Waals surface area (Å²) in [6.07, 6.45) is 0. The molecular formula is C14H15N5OS. The Hall–Kier alpha value is -2.28. The first-order chi connectivity index (χ1) is 10.2. The monoisotopic (exact) mass is 301 g/mol. The number of aromatic nitrogens is 4. The van der Waals surface area contributed by atoms with Gasteiger partial charge in [-0.3, -0.25) is 9.36 Å². The molecule has 0 amide bonds. The zero-order valence-electron chi connectivity index (χ0n) is 11.8. The first-order valence-corrected chi connectivity index (χ1v) is 7.49. The van der Waals surface area contributed by atoms with Gasteiger partial charge in [0.1, 0.15) is 16.4 Å². The molecule has 1 aromatic carbocycles. The molecule has 3 rings (SSSR count).